The van der Waals surface area contributed by atoms with Gasteiger partial charge in [-0.05, 0) is 49.6 Å². The fourth-order valence-corrected chi connectivity index (χ4v) is 5.02. The van der Waals surface area contributed by atoms with Crippen LogP contribution in [-0.2, 0) is 13.2 Å². The summed E-state index contributed by atoms with van der Waals surface area (Å²) in [5, 5.41) is 10.6. The van der Waals surface area contributed by atoms with E-state index >= 15 is 0 Å². The van der Waals surface area contributed by atoms with Gasteiger partial charge in [0.05, 0.1) is 16.8 Å². The number of aromatic nitrogens is 1. The average molecular weight is 382 g/mol. The van der Waals surface area contributed by atoms with Gasteiger partial charge in [-0.3, -0.25) is 4.90 Å². The number of rotatable bonds is 4. The summed E-state index contributed by atoms with van der Waals surface area (Å²) in [6.07, 6.45) is 0. The van der Waals surface area contributed by atoms with E-state index in [-0.39, 0.29) is 6.61 Å². The molecule has 4 rings (SSSR count). The third kappa shape index (κ3) is 4.00. The summed E-state index contributed by atoms with van der Waals surface area (Å²) in [5.41, 5.74) is 5.90. The molecule has 1 unspecified atom stereocenters. The Balaban J connectivity index is 1.46. The number of thiazole rings is 1. The summed E-state index contributed by atoms with van der Waals surface area (Å²) in [7, 11) is 0. The normalized spacial score (nSPS) is 18.4. The van der Waals surface area contributed by atoms with E-state index in [0.717, 1.165) is 42.4 Å². The molecule has 1 atom stereocenters. The van der Waals surface area contributed by atoms with Crippen molar-refractivity contribution in [1.82, 2.24) is 9.88 Å². The maximum Gasteiger partial charge on any atom is 0.186 e. The van der Waals surface area contributed by atoms with Crippen molar-refractivity contribution in [2.45, 2.75) is 40.0 Å². The summed E-state index contributed by atoms with van der Waals surface area (Å²) >= 11 is 1.80. The highest BCUT2D eigenvalue weighted by atomic mass is 32.1. The Morgan fingerprint density at radius 1 is 1.07 bits per heavy atom. The van der Waals surface area contributed by atoms with Crippen LogP contribution in [0.15, 0.2) is 36.4 Å². The first-order valence-electron chi connectivity index (χ1n) is 9.58. The molecule has 1 N–H and O–H groups in total. The molecule has 0 radical (unpaired) electrons. The fourth-order valence-electron chi connectivity index (χ4n) is 3.92. The number of nitrogens with zero attached hydrogens (tertiary/aromatic N) is 3. The van der Waals surface area contributed by atoms with Crippen LogP contribution < -0.4 is 4.90 Å². The largest absolute Gasteiger partial charge is 0.392 e. The molecule has 5 heteroatoms. The van der Waals surface area contributed by atoms with Crippen LogP contribution in [0.5, 0.6) is 0 Å². The number of fused-ring (bicyclic) bond motifs is 1. The van der Waals surface area contributed by atoms with Gasteiger partial charge in [0.25, 0.3) is 0 Å². The lowest BCUT2D eigenvalue weighted by molar-refractivity contribution is 0.181. The minimum Gasteiger partial charge on any atom is -0.392 e. The highest BCUT2D eigenvalue weighted by Gasteiger charge is 2.25. The number of benzene rings is 2. The van der Waals surface area contributed by atoms with E-state index in [4.69, 9.17) is 4.98 Å². The van der Waals surface area contributed by atoms with E-state index in [2.05, 4.69) is 67.0 Å². The monoisotopic (exact) mass is 381 g/mol. The maximum absolute atomic E-state index is 9.46. The van der Waals surface area contributed by atoms with E-state index in [9.17, 15) is 5.11 Å². The smallest absolute Gasteiger partial charge is 0.186 e. The lowest BCUT2D eigenvalue weighted by Gasteiger charge is -2.39. The van der Waals surface area contributed by atoms with Gasteiger partial charge in [-0.25, -0.2) is 4.98 Å². The standard InChI is InChI=1S/C22H27N3OS/c1-15-4-5-20-21(10-15)27-22(23-20)25-7-6-24(17(3)12-25)13-18-8-16(2)9-19(11-18)14-26/h4-5,8-11,17,26H,6-7,12-14H2,1-3H3. The van der Waals surface area contributed by atoms with Crippen molar-refractivity contribution in [3.05, 3.63) is 58.7 Å². The Morgan fingerprint density at radius 2 is 1.89 bits per heavy atom. The Kier molecular flexibility index (Phi) is 5.17. The van der Waals surface area contributed by atoms with Gasteiger partial charge in [0, 0.05) is 32.2 Å². The number of aliphatic hydroxyl groups is 1. The number of anilines is 1. The second-order valence-electron chi connectivity index (χ2n) is 7.72. The highest BCUT2D eigenvalue weighted by Crippen LogP contribution is 2.31. The summed E-state index contributed by atoms with van der Waals surface area (Å²) in [5.74, 6) is 0. The molecular weight excluding hydrogens is 354 g/mol. The van der Waals surface area contributed by atoms with Crippen LogP contribution >= 0.6 is 11.3 Å². The van der Waals surface area contributed by atoms with E-state index in [0.29, 0.717) is 6.04 Å². The number of hydrogen-bond donors (Lipinski definition) is 1. The van der Waals surface area contributed by atoms with Crippen LogP contribution in [0.2, 0.25) is 0 Å². The second-order valence-corrected chi connectivity index (χ2v) is 8.73. The lowest BCUT2D eigenvalue weighted by atomic mass is 10.1. The van der Waals surface area contributed by atoms with Gasteiger partial charge >= 0.3 is 0 Å². The van der Waals surface area contributed by atoms with Crippen LogP contribution in [0.1, 0.15) is 29.2 Å². The van der Waals surface area contributed by atoms with Gasteiger partial charge in [-0.1, -0.05) is 41.2 Å². The van der Waals surface area contributed by atoms with Crippen molar-refractivity contribution in [3.63, 3.8) is 0 Å². The van der Waals surface area contributed by atoms with Crippen LogP contribution in [0.4, 0.5) is 5.13 Å². The van der Waals surface area contributed by atoms with Crippen LogP contribution in [0.3, 0.4) is 0 Å². The third-order valence-electron chi connectivity index (χ3n) is 5.33. The highest BCUT2D eigenvalue weighted by molar-refractivity contribution is 7.22. The molecule has 3 aromatic rings. The fraction of sp³-hybridized carbons (Fsp3) is 0.409. The van der Waals surface area contributed by atoms with E-state index < -0.39 is 0 Å². The number of aryl methyl sites for hydroxylation is 2. The van der Waals surface area contributed by atoms with E-state index in [1.54, 1.807) is 11.3 Å². The minimum absolute atomic E-state index is 0.106. The predicted octanol–water partition coefficient (Wildman–Crippen LogP) is 4.12. The van der Waals surface area contributed by atoms with Crippen LogP contribution in [0, 0.1) is 13.8 Å². The predicted molar refractivity (Wildman–Crippen MR) is 114 cm³/mol. The van der Waals surface area contributed by atoms with Crippen molar-refractivity contribution in [1.29, 1.82) is 0 Å². The topological polar surface area (TPSA) is 39.6 Å². The van der Waals surface area contributed by atoms with Crippen molar-refractivity contribution in [2.75, 3.05) is 24.5 Å². The molecule has 1 aliphatic heterocycles. The molecule has 0 spiro atoms. The summed E-state index contributed by atoms with van der Waals surface area (Å²) in [6.45, 7) is 10.6. The zero-order chi connectivity index (χ0) is 19.0. The third-order valence-corrected chi connectivity index (χ3v) is 6.41. The van der Waals surface area contributed by atoms with Crippen LogP contribution in [0.25, 0.3) is 10.2 Å². The van der Waals surface area contributed by atoms with Gasteiger partial charge in [0.2, 0.25) is 0 Å². The average Bonchev–Trinajstić information content (AvgIpc) is 3.06. The first kappa shape index (κ1) is 18.4. The zero-order valence-corrected chi connectivity index (χ0v) is 17.1. The quantitative estimate of drug-likeness (QED) is 0.738. The van der Waals surface area contributed by atoms with Gasteiger partial charge in [0.15, 0.2) is 5.13 Å². The Labute approximate surface area is 165 Å². The van der Waals surface area contributed by atoms with E-state index in [1.165, 1.54) is 21.4 Å². The zero-order valence-electron chi connectivity index (χ0n) is 16.3. The maximum atomic E-state index is 9.46. The Bertz CT molecular complexity index is 952. The first-order chi connectivity index (χ1) is 13.0. The molecule has 0 amide bonds. The summed E-state index contributed by atoms with van der Waals surface area (Å²) in [4.78, 5) is 9.81. The SMILES string of the molecule is Cc1cc(CO)cc(CN2CCN(c3nc4ccc(C)cc4s3)CC2C)c1. The first-order valence-corrected chi connectivity index (χ1v) is 10.4. The van der Waals surface area contributed by atoms with Crippen molar-refractivity contribution in [3.8, 4) is 0 Å². The summed E-state index contributed by atoms with van der Waals surface area (Å²) in [6, 6.07) is 13.4. The molecule has 27 heavy (non-hydrogen) atoms. The van der Waals surface area contributed by atoms with E-state index in [1.807, 2.05) is 0 Å². The molecule has 142 valence electrons. The number of piperazine rings is 1. The molecular formula is C22H27N3OS. The van der Waals surface area contributed by atoms with Gasteiger partial charge in [-0.2, -0.15) is 0 Å². The number of aliphatic hydroxyl groups excluding tert-OH is 1. The molecule has 0 saturated carbocycles. The molecule has 2 aromatic carbocycles. The molecule has 0 aliphatic carbocycles. The minimum atomic E-state index is 0.106. The molecule has 2 heterocycles. The van der Waals surface area contributed by atoms with Crippen molar-refractivity contribution in [2.24, 2.45) is 0 Å². The van der Waals surface area contributed by atoms with Gasteiger partial charge in [-0.15, -0.1) is 0 Å². The van der Waals surface area contributed by atoms with Crippen molar-refractivity contribution < 1.29 is 5.11 Å². The molecule has 1 saturated heterocycles. The van der Waals surface area contributed by atoms with Crippen LogP contribution in [-0.4, -0.2) is 40.7 Å². The van der Waals surface area contributed by atoms with Gasteiger partial charge < -0.3 is 10.0 Å². The lowest BCUT2D eigenvalue weighted by Crippen LogP contribution is -2.51. The van der Waals surface area contributed by atoms with Crippen molar-refractivity contribution >= 4 is 26.7 Å². The number of hydrogen-bond acceptors (Lipinski definition) is 5. The summed E-state index contributed by atoms with van der Waals surface area (Å²) < 4.78 is 1.27. The molecule has 1 aromatic heterocycles. The second kappa shape index (κ2) is 7.58. The van der Waals surface area contributed by atoms with Gasteiger partial charge in [0.1, 0.15) is 0 Å². The molecule has 1 fully saturated rings. The Morgan fingerprint density at radius 3 is 2.67 bits per heavy atom. The Hall–Kier alpha value is -1.95. The molecule has 1 aliphatic rings. The molecule has 4 nitrogen and oxygen atoms in total. The molecule has 0 bridgehead atoms.